The fourth-order valence-electron chi connectivity index (χ4n) is 3.21. The normalized spacial score (nSPS) is 11.6. The Kier molecular flexibility index (Phi) is 12.7. The van der Waals surface area contributed by atoms with Crippen molar-refractivity contribution >= 4 is 29.3 Å². The van der Waals surface area contributed by atoms with Crippen molar-refractivity contribution < 1.29 is 9.59 Å². The highest BCUT2D eigenvalue weighted by molar-refractivity contribution is 5.92. The summed E-state index contributed by atoms with van der Waals surface area (Å²) in [6, 6.07) is 3.22. The number of hydrogen-bond donors (Lipinski definition) is 3. The lowest BCUT2D eigenvalue weighted by Crippen LogP contribution is -2.45. The van der Waals surface area contributed by atoms with Crippen molar-refractivity contribution in [2.24, 2.45) is 0 Å². The number of nitrogens with one attached hydrogen (secondary N) is 3. The van der Waals surface area contributed by atoms with Gasteiger partial charge in [0.2, 0.25) is 17.8 Å². The minimum absolute atomic E-state index is 0.193. The Morgan fingerprint density at radius 1 is 1.18 bits per heavy atom. The van der Waals surface area contributed by atoms with E-state index in [2.05, 4.69) is 49.7 Å². The first-order chi connectivity index (χ1) is 18.2. The summed E-state index contributed by atoms with van der Waals surface area (Å²) in [5.74, 6) is 7.05. The molecule has 0 fully saturated rings. The van der Waals surface area contributed by atoms with Crippen LogP contribution in [-0.4, -0.2) is 83.4 Å². The van der Waals surface area contributed by atoms with Crippen molar-refractivity contribution in [3.63, 3.8) is 0 Å². The van der Waals surface area contributed by atoms with E-state index in [0.717, 1.165) is 29.9 Å². The van der Waals surface area contributed by atoms with Gasteiger partial charge in [0.1, 0.15) is 11.9 Å². The average molecular weight is 521 g/mol. The lowest BCUT2D eigenvalue weighted by Gasteiger charge is -2.23. The molecule has 2 aromatic heterocycles. The molecule has 1 atom stereocenters. The molecule has 38 heavy (non-hydrogen) atoms. The largest absolute Gasteiger partial charge is 0.369 e. The van der Waals surface area contributed by atoms with Gasteiger partial charge in [-0.3, -0.25) is 14.6 Å². The number of pyridine rings is 1. The van der Waals surface area contributed by atoms with Gasteiger partial charge < -0.3 is 25.8 Å². The zero-order valence-electron chi connectivity index (χ0n) is 23.3. The maximum atomic E-state index is 12.4. The molecule has 10 nitrogen and oxygen atoms in total. The number of anilines is 3. The average Bonchev–Trinajstić information content (AvgIpc) is 2.88. The molecule has 2 rings (SSSR count). The lowest BCUT2D eigenvalue weighted by molar-refractivity contribution is -0.135. The molecule has 0 aliphatic heterocycles. The van der Waals surface area contributed by atoms with E-state index < -0.39 is 6.04 Å². The maximum absolute atomic E-state index is 12.4. The van der Waals surface area contributed by atoms with E-state index in [1.54, 1.807) is 32.4 Å². The van der Waals surface area contributed by atoms with Gasteiger partial charge in [0.05, 0.1) is 11.8 Å². The van der Waals surface area contributed by atoms with Crippen molar-refractivity contribution in [2.45, 2.75) is 46.1 Å². The van der Waals surface area contributed by atoms with Crippen LogP contribution < -0.4 is 16.0 Å². The molecule has 204 valence electrons. The van der Waals surface area contributed by atoms with E-state index in [1.807, 2.05) is 38.1 Å². The van der Waals surface area contributed by atoms with Crippen molar-refractivity contribution in [1.29, 1.82) is 0 Å². The van der Waals surface area contributed by atoms with E-state index in [4.69, 9.17) is 0 Å². The quantitative estimate of drug-likeness (QED) is 0.210. The van der Waals surface area contributed by atoms with Crippen LogP contribution in [0.5, 0.6) is 0 Å². The van der Waals surface area contributed by atoms with Crippen LogP contribution in [-0.2, 0) is 9.59 Å². The van der Waals surface area contributed by atoms with Crippen LogP contribution >= 0.6 is 0 Å². The number of aryl methyl sites for hydroxylation is 1. The summed E-state index contributed by atoms with van der Waals surface area (Å²) in [6.07, 6.45) is 8.95. The number of carbonyl (C=O) groups is 2. The highest BCUT2D eigenvalue weighted by Gasteiger charge is 2.20. The Morgan fingerprint density at radius 2 is 1.97 bits per heavy atom. The second kappa shape index (κ2) is 16.0. The molecule has 0 aliphatic carbocycles. The molecule has 0 aliphatic rings. The van der Waals surface area contributed by atoms with Crippen LogP contribution in [0.2, 0.25) is 0 Å². The molecule has 0 aromatic carbocycles. The highest BCUT2D eigenvalue weighted by Crippen LogP contribution is 2.17. The summed E-state index contributed by atoms with van der Waals surface area (Å²) >= 11 is 0. The topological polar surface area (TPSA) is 115 Å². The number of aromatic nitrogens is 3. The van der Waals surface area contributed by atoms with Gasteiger partial charge >= 0.3 is 0 Å². The Morgan fingerprint density at radius 3 is 2.68 bits per heavy atom. The van der Waals surface area contributed by atoms with Gasteiger partial charge in [-0.05, 0) is 52.9 Å². The number of carbonyl (C=O) groups excluding carboxylic acids is 2. The first kappa shape index (κ1) is 30.3. The molecule has 3 N–H and O–H groups in total. The number of rotatable bonds is 13. The minimum Gasteiger partial charge on any atom is -0.369 e. The number of amides is 2. The van der Waals surface area contributed by atoms with Crippen LogP contribution in [0.4, 0.5) is 17.5 Å². The van der Waals surface area contributed by atoms with Gasteiger partial charge in [-0.2, -0.15) is 4.98 Å². The minimum atomic E-state index is -0.565. The smallest absolute Gasteiger partial charge is 0.246 e. The summed E-state index contributed by atoms with van der Waals surface area (Å²) < 4.78 is 0. The summed E-state index contributed by atoms with van der Waals surface area (Å²) in [7, 11) is 5.48. The monoisotopic (exact) mass is 520 g/mol. The summed E-state index contributed by atoms with van der Waals surface area (Å²) in [6.45, 7) is 7.63. The Bertz CT molecular complexity index is 1150. The molecule has 2 heterocycles. The predicted octanol–water partition coefficient (Wildman–Crippen LogP) is 2.96. The van der Waals surface area contributed by atoms with Crippen LogP contribution in [0.25, 0.3) is 0 Å². The zero-order valence-corrected chi connectivity index (χ0v) is 23.3. The second-order valence-electron chi connectivity index (χ2n) is 9.18. The van der Waals surface area contributed by atoms with Crippen LogP contribution in [0.15, 0.2) is 36.7 Å². The first-order valence-corrected chi connectivity index (χ1v) is 12.9. The molecule has 1 unspecified atom stereocenters. The number of likely N-dealkylation sites (N-methyl/N-ethyl adjacent to an activating group) is 2. The molecule has 0 saturated heterocycles. The lowest BCUT2D eigenvalue weighted by atomic mass is 10.2. The predicted molar refractivity (Wildman–Crippen MR) is 152 cm³/mol. The van der Waals surface area contributed by atoms with Crippen LogP contribution in [0.3, 0.4) is 0 Å². The van der Waals surface area contributed by atoms with Crippen molar-refractivity contribution in [3.8, 4) is 11.8 Å². The molecule has 10 heteroatoms. The third-order valence-corrected chi connectivity index (χ3v) is 5.52. The second-order valence-corrected chi connectivity index (χ2v) is 9.18. The molecule has 0 spiro atoms. The van der Waals surface area contributed by atoms with Gasteiger partial charge in [-0.1, -0.05) is 24.8 Å². The van der Waals surface area contributed by atoms with Crippen molar-refractivity contribution in [3.05, 3.63) is 47.9 Å². The van der Waals surface area contributed by atoms with E-state index in [-0.39, 0.29) is 11.8 Å². The standard InChI is InChI=1S/C28H40N8O2/c1-7-15-30-26-23(20-32-28(34-26)33-24-14-17-29-21(2)19-24)12-9-8-10-16-31-27(38)22(3)36(6)25(37)13-11-18-35(4)5/h11,13-14,17,19-20,22H,7-8,10,15-16,18H2,1-6H3,(H,31,38)(H2,29,30,32,33,34)/b13-11+. The van der Waals surface area contributed by atoms with E-state index in [1.165, 1.54) is 11.0 Å². The van der Waals surface area contributed by atoms with Gasteiger partial charge in [0, 0.05) is 56.8 Å². The molecule has 2 amide bonds. The molecule has 0 bridgehead atoms. The first-order valence-electron chi connectivity index (χ1n) is 12.9. The fourth-order valence-corrected chi connectivity index (χ4v) is 3.21. The van der Waals surface area contributed by atoms with Gasteiger partial charge in [0.15, 0.2) is 0 Å². The van der Waals surface area contributed by atoms with E-state index >= 15 is 0 Å². The highest BCUT2D eigenvalue weighted by atomic mass is 16.2. The van der Waals surface area contributed by atoms with Gasteiger partial charge in [-0.15, -0.1) is 0 Å². The molecule has 2 aromatic rings. The van der Waals surface area contributed by atoms with Gasteiger partial charge in [-0.25, -0.2) is 4.98 Å². The molecular formula is C28H40N8O2. The Labute approximate surface area is 226 Å². The molecule has 0 saturated carbocycles. The van der Waals surface area contributed by atoms with Gasteiger partial charge in [0.25, 0.3) is 0 Å². The number of hydrogen-bond acceptors (Lipinski definition) is 8. The van der Waals surface area contributed by atoms with E-state index in [9.17, 15) is 9.59 Å². The third-order valence-electron chi connectivity index (χ3n) is 5.52. The fraction of sp³-hybridized carbons (Fsp3) is 0.464. The van der Waals surface area contributed by atoms with Crippen molar-refractivity contribution in [1.82, 2.24) is 30.1 Å². The summed E-state index contributed by atoms with van der Waals surface area (Å²) in [4.78, 5) is 41.3. The summed E-state index contributed by atoms with van der Waals surface area (Å²) in [5.41, 5.74) is 2.49. The molecular weight excluding hydrogens is 480 g/mol. The third kappa shape index (κ3) is 10.6. The summed E-state index contributed by atoms with van der Waals surface area (Å²) in [5, 5.41) is 9.40. The maximum Gasteiger partial charge on any atom is 0.246 e. The Hall–Kier alpha value is -3.97. The molecule has 0 radical (unpaired) electrons. The number of nitrogens with zero attached hydrogens (tertiary/aromatic N) is 5. The van der Waals surface area contributed by atoms with E-state index in [0.29, 0.717) is 37.7 Å². The number of unbranched alkanes of at least 4 members (excludes halogenated alkanes) is 1. The Balaban J connectivity index is 1.87. The zero-order chi connectivity index (χ0) is 27.9. The van der Waals surface area contributed by atoms with Crippen LogP contribution in [0, 0.1) is 18.8 Å². The van der Waals surface area contributed by atoms with Crippen molar-refractivity contribution in [2.75, 3.05) is 51.4 Å². The SMILES string of the molecule is CCCNc1nc(Nc2ccnc(C)c2)ncc1C#CCCCNC(=O)C(C)N(C)C(=O)/C=C/CN(C)C. The van der Waals surface area contributed by atoms with Crippen LogP contribution in [0.1, 0.15) is 44.4 Å².